The van der Waals surface area contributed by atoms with Gasteiger partial charge in [0.15, 0.2) is 0 Å². The minimum Gasteiger partial charge on any atom is -0.481 e. The first-order valence-electron chi connectivity index (χ1n) is 13.6. The molecule has 1 unspecified atom stereocenters. The molecule has 0 radical (unpaired) electrons. The van der Waals surface area contributed by atoms with E-state index in [0.717, 1.165) is 20.0 Å². The van der Waals surface area contributed by atoms with E-state index in [4.69, 9.17) is 11.5 Å². The molecule has 0 spiro atoms. The van der Waals surface area contributed by atoms with Crippen LogP contribution < -0.4 is 27.4 Å². The van der Waals surface area contributed by atoms with Gasteiger partial charge in [0, 0.05) is 49.9 Å². The quantitative estimate of drug-likeness (QED) is 0.0994. The van der Waals surface area contributed by atoms with Crippen LogP contribution in [-0.2, 0) is 47.6 Å². The fourth-order valence-electron chi connectivity index (χ4n) is 4.47. The van der Waals surface area contributed by atoms with Crippen LogP contribution in [0.5, 0.6) is 0 Å². The highest BCUT2D eigenvalue weighted by Gasteiger charge is 2.31. The van der Waals surface area contributed by atoms with Crippen LogP contribution in [0.15, 0.2) is 54.7 Å². The molecule has 236 valence electrons. The SMILES string of the molecule is CS(=O)CC[C@H](NC(=O)[C@H](N)Cc1c[nH]c2ccccc12)C(=O)N[C@@H](CC(=O)O)C(=O)N[C@@H](Cc1ccc(I)cc1)C(N)=O. The molecular weight excluding hydrogens is 703 g/mol. The van der Waals surface area contributed by atoms with Gasteiger partial charge in [-0.3, -0.25) is 28.2 Å². The monoisotopic (exact) mass is 738 g/mol. The van der Waals surface area contributed by atoms with Crippen molar-refractivity contribution in [2.75, 3.05) is 12.0 Å². The average Bonchev–Trinajstić information content (AvgIpc) is 3.37. The average molecular weight is 739 g/mol. The molecule has 44 heavy (non-hydrogen) atoms. The van der Waals surface area contributed by atoms with E-state index in [1.54, 1.807) is 18.3 Å². The molecule has 5 atom stereocenters. The Hall–Kier alpha value is -3.83. The van der Waals surface area contributed by atoms with Crippen molar-refractivity contribution in [1.29, 1.82) is 0 Å². The van der Waals surface area contributed by atoms with Crippen molar-refractivity contribution in [3.63, 3.8) is 0 Å². The number of amides is 4. The first kappa shape index (κ1) is 34.7. The van der Waals surface area contributed by atoms with Gasteiger partial charge in [-0.2, -0.15) is 0 Å². The number of hydrogen-bond acceptors (Lipinski definition) is 7. The maximum Gasteiger partial charge on any atom is 0.305 e. The molecule has 0 saturated carbocycles. The standard InChI is InChI=1S/C29H35IN6O7S/c1-44(43)11-10-22(34-27(40)20(31)13-17-15-33-21-5-3-2-4-19(17)21)28(41)36-24(14-25(37)38)29(42)35-23(26(32)39)12-16-6-8-18(30)9-7-16/h2-9,15,20,22-24,33H,10-14,31H2,1H3,(H2,32,39)(H,34,40)(H,35,42)(H,36,41)(H,37,38)/t20-,22+,23+,24+,44?/m1/s1. The summed E-state index contributed by atoms with van der Waals surface area (Å²) in [5.74, 6) is -4.70. The summed E-state index contributed by atoms with van der Waals surface area (Å²) in [4.78, 5) is 66.3. The number of halogens is 1. The minimum atomic E-state index is -1.61. The Labute approximate surface area is 269 Å². The van der Waals surface area contributed by atoms with Crippen molar-refractivity contribution in [1.82, 2.24) is 20.9 Å². The lowest BCUT2D eigenvalue weighted by atomic mass is 10.0. The van der Waals surface area contributed by atoms with Crippen molar-refractivity contribution in [3.8, 4) is 0 Å². The highest BCUT2D eigenvalue weighted by Crippen LogP contribution is 2.19. The number of H-pyrrole nitrogens is 1. The van der Waals surface area contributed by atoms with E-state index in [0.29, 0.717) is 5.56 Å². The van der Waals surface area contributed by atoms with Crippen molar-refractivity contribution < 1.29 is 33.3 Å². The number of aromatic nitrogens is 1. The smallest absolute Gasteiger partial charge is 0.305 e. The van der Waals surface area contributed by atoms with Crippen molar-refractivity contribution in [2.45, 2.75) is 49.9 Å². The van der Waals surface area contributed by atoms with Gasteiger partial charge in [-0.15, -0.1) is 0 Å². The molecule has 9 N–H and O–H groups in total. The number of carbonyl (C=O) groups is 5. The molecular formula is C29H35IN6O7S. The largest absolute Gasteiger partial charge is 0.481 e. The van der Waals surface area contributed by atoms with Crippen molar-refractivity contribution in [2.24, 2.45) is 11.5 Å². The van der Waals surface area contributed by atoms with E-state index >= 15 is 0 Å². The molecule has 15 heteroatoms. The lowest BCUT2D eigenvalue weighted by molar-refractivity contribution is -0.141. The summed E-state index contributed by atoms with van der Waals surface area (Å²) in [5.41, 5.74) is 14.0. The number of nitrogens with one attached hydrogen (secondary N) is 4. The normalized spacial score (nSPS) is 14.5. The van der Waals surface area contributed by atoms with Crippen LogP contribution in [-0.4, -0.2) is 80.1 Å². The maximum atomic E-state index is 13.3. The fraction of sp³-hybridized carbons (Fsp3) is 0.345. The van der Waals surface area contributed by atoms with Gasteiger partial charge < -0.3 is 37.5 Å². The number of carboxylic acids is 1. The van der Waals surface area contributed by atoms with Gasteiger partial charge >= 0.3 is 5.97 Å². The first-order valence-corrected chi connectivity index (χ1v) is 16.4. The van der Waals surface area contributed by atoms with E-state index < -0.39 is 71.0 Å². The number of benzene rings is 2. The molecule has 4 amide bonds. The Morgan fingerprint density at radius 1 is 0.909 bits per heavy atom. The topological polar surface area (TPSA) is 227 Å². The maximum absolute atomic E-state index is 13.3. The summed E-state index contributed by atoms with van der Waals surface area (Å²) < 4.78 is 12.8. The third-order valence-electron chi connectivity index (χ3n) is 6.80. The Morgan fingerprint density at radius 2 is 1.52 bits per heavy atom. The van der Waals surface area contributed by atoms with Gasteiger partial charge in [0.2, 0.25) is 23.6 Å². The number of rotatable bonds is 16. The van der Waals surface area contributed by atoms with Crippen LogP contribution in [0, 0.1) is 3.57 Å². The lowest BCUT2D eigenvalue weighted by Gasteiger charge is -2.25. The van der Waals surface area contributed by atoms with Crippen molar-refractivity contribution in [3.05, 3.63) is 69.4 Å². The van der Waals surface area contributed by atoms with Gasteiger partial charge in [0.05, 0.1) is 12.5 Å². The van der Waals surface area contributed by atoms with Crippen LogP contribution >= 0.6 is 22.6 Å². The molecule has 0 bridgehead atoms. The second-order valence-corrected chi connectivity index (χ2v) is 13.1. The molecule has 0 aliphatic carbocycles. The summed E-state index contributed by atoms with van der Waals surface area (Å²) in [6.45, 7) is 0. The van der Waals surface area contributed by atoms with E-state index in [1.807, 2.05) is 36.4 Å². The van der Waals surface area contributed by atoms with Crippen LogP contribution in [0.1, 0.15) is 24.0 Å². The zero-order valence-electron chi connectivity index (χ0n) is 23.9. The zero-order valence-corrected chi connectivity index (χ0v) is 26.9. The summed E-state index contributed by atoms with van der Waals surface area (Å²) in [6.07, 6.45) is 2.49. The lowest BCUT2D eigenvalue weighted by Crippen LogP contribution is -2.58. The Kier molecular flexibility index (Phi) is 12.8. The molecule has 0 saturated heterocycles. The molecule has 1 heterocycles. The number of nitrogens with two attached hydrogens (primary N) is 2. The summed E-state index contributed by atoms with van der Waals surface area (Å²) in [5, 5.41) is 17.7. The predicted molar refractivity (Wildman–Crippen MR) is 174 cm³/mol. The molecule has 3 rings (SSSR count). The first-order chi connectivity index (χ1) is 20.8. The number of aliphatic carboxylic acids is 1. The fourth-order valence-corrected chi connectivity index (χ4v) is 5.40. The molecule has 1 aromatic heterocycles. The predicted octanol–water partition coefficient (Wildman–Crippen LogP) is 0.0680. The number of hydrogen-bond donors (Lipinski definition) is 7. The molecule has 0 aliphatic rings. The molecule has 0 aliphatic heterocycles. The van der Waals surface area contributed by atoms with E-state index in [9.17, 15) is 33.3 Å². The molecule has 0 fully saturated rings. The van der Waals surface area contributed by atoms with E-state index in [-0.39, 0.29) is 25.0 Å². The molecule has 13 nitrogen and oxygen atoms in total. The van der Waals surface area contributed by atoms with Crippen LogP contribution in [0.3, 0.4) is 0 Å². The zero-order chi connectivity index (χ0) is 32.4. The molecule has 2 aromatic carbocycles. The van der Waals surface area contributed by atoms with Crippen molar-refractivity contribution >= 4 is 73.9 Å². The summed E-state index contributed by atoms with van der Waals surface area (Å²) in [6, 6.07) is 9.52. The summed E-state index contributed by atoms with van der Waals surface area (Å²) in [7, 11) is -1.33. The molecule has 3 aromatic rings. The van der Waals surface area contributed by atoms with E-state index in [2.05, 4.69) is 43.5 Å². The minimum absolute atomic E-state index is 0.0333. The highest BCUT2D eigenvalue weighted by molar-refractivity contribution is 14.1. The number of aromatic amines is 1. The van der Waals surface area contributed by atoms with Gasteiger partial charge in [0.25, 0.3) is 0 Å². The van der Waals surface area contributed by atoms with Crippen LogP contribution in [0.4, 0.5) is 0 Å². The Morgan fingerprint density at radius 3 is 2.16 bits per heavy atom. The van der Waals surface area contributed by atoms with Gasteiger partial charge in [0.1, 0.15) is 18.1 Å². The Bertz CT molecular complexity index is 1530. The van der Waals surface area contributed by atoms with Gasteiger partial charge in [-0.25, -0.2) is 0 Å². The van der Waals surface area contributed by atoms with Crippen LogP contribution in [0.2, 0.25) is 0 Å². The van der Waals surface area contributed by atoms with Gasteiger partial charge in [-0.1, -0.05) is 30.3 Å². The van der Waals surface area contributed by atoms with E-state index in [1.165, 1.54) is 6.26 Å². The van der Waals surface area contributed by atoms with Crippen LogP contribution in [0.25, 0.3) is 10.9 Å². The van der Waals surface area contributed by atoms with Gasteiger partial charge in [-0.05, 0) is 64.8 Å². The third kappa shape index (κ3) is 10.4. The number of carbonyl (C=O) groups excluding carboxylic acids is 4. The highest BCUT2D eigenvalue weighted by atomic mass is 127. The summed E-state index contributed by atoms with van der Waals surface area (Å²) >= 11 is 2.12. The number of fused-ring (bicyclic) bond motifs is 1. The second kappa shape index (κ2) is 16.3. The number of primary amides is 1. The number of carboxylic acid groups (broad SMARTS) is 1. The number of para-hydroxylation sites is 1. The second-order valence-electron chi connectivity index (χ2n) is 10.3. The third-order valence-corrected chi connectivity index (χ3v) is 8.33. The Balaban J connectivity index is 1.72.